The maximum Gasteiger partial charge on any atom is 0.323 e. The molecular weight excluding hydrogens is 228 g/mol. The van der Waals surface area contributed by atoms with Crippen molar-refractivity contribution in [2.24, 2.45) is 17.6 Å². The van der Waals surface area contributed by atoms with E-state index in [1.54, 1.807) is 0 Å². The second-order valence-corrected chi connectivity index (χ2v) is 6.12. The zero-order valence-electron chi connectivity index (χ0n) is 12.0. The summed E-state index contributed by atoms with van der Waals surface area (Å²) < 4.78 is 0. The minimum absolute atomic E-state index is 0.495. The number of hydrogen-bond acceptors (Lipinski definition) is 3. The molecular formula is C14H28N2O2. The third-order valence-corrected chi connectivity index (χ3v) is 4.10. The molecule has 4 nitrogen and oxygen atoms in total. The van der Waals surface area contributed by atoms with Gasteiger partial charge in [0.2, 0.25) is 0 Å². The molecule has 1 rings (SSSR count). The van der Waals surface area contributed by atoms with E-state index in [1.807, 2.05) is 6.92 Å². The van der Waals surface area contributed by atoms with Gasteiger partial charge in [-0.3, -0.25) is 4.79 Å². The van der Waals surface area contributed by atoms with Crippen LogP contribution in [0.2, 0.25) is 0 Å². The number of rotatable bonds is 6. The molecule has 0 saturated carbocycles. The topological polar surface area (TPSA) is 66.6 Å². The van der Waals surface area contributed by atoms with E-state index in [0.717, 1.165) is 37.9 Å². The van der Waals surface area contributed by atoms with Crippen LogP contribution in [-0.4, -0.2) is 41.1 Å². The highest BCUT2D eigenvalue weighted by Crippen LogP contribution is 2.22. The minimum atomic E-state index is -1.03. The Balaban J connectivity index is 2.35. The van der Waals surface area contributed by atoms with Crippen molar-refractivity contribution in [2.45, 2.75) is 52.0 Å². The van der Waals surface area contributed by atoms with E-state index in [0.29, 0.717) is 12.8 Å². The molecule has 3 atom stereocenters. The molecule has 0 aromatic heterocycles. The van der Waals surface area contributed by atoms with E-state index in [2.05, 4.69) is 18.7 Å². The summed E-state index contributed by atoms with van der Waals surface area (Å²) in [5.41, 5.74) is 4.86. The van der Waals surface area contributed by atoms with Crippen molar-refractivity contribution in [3.05, 3.63) is 0 Å². The highest BCUT2D eigenvalue weighted by atomic mass is 16.4. The van der Waals surface area contributed by atoms with Gasteiger partial charge in [0.15, 0.2) is 0 Å². The fraction of sp³-hybridized carbons (Fsp3) is 0.929. The molecule has 0 aromatic carbocycles. The number of carbonyl (C=O) groups is 1. The standard InChI is InChI=1S/C14H28N2O2/c1-4-14(15,13(17)18)6-5-7-16-9-11(2)8-12(3)10-16/h11-12H,4-10,15H2,1-3H3,(H,17,18). The third kappa shape index (κ3) is 4.25. The molecule has 3 N–H and O–H groups in total. The Kier molecular flexibility index (Phi) is 5.60. The first-order valence-corrected chi connectivity index (χ1v) is 7.12. The van der Waals surface area contributed by atoms with Gasteiger partial charge in [0.25, 0.3) is 0 Å². The maximum atomic E-state index is 11.1. The average Bonchev–Trinajstić information content (AvgIpc) is 2.27. The molecule has 0 radical (unpaired) electrons. The molecule has 1 fully saturated rings. The fourth-order valence-corrected chi connectivity index (χ4v) is 3.03. The van der Waals surface area contributed by atoms with E-state index in [9.17, 15) is 4.79 Å². The van der Waals surface area contributed by atoms with E-state index in [1.165, 1.54) is 6.42 Å². The highest BCUT2D eigenvalue weighted by molar-refractivity contribution is 5.78. The van der Waals surface area contributed by atoms with Gasteiger partial charge in [0, 0.05) is 13.1 Å². The Morgan fingerprint density at radius 2 is 1.94 bits per heavy atom. The number of nitrogens with zero attached hydrogens (tertiary/aromatic N) is 1. The molecule has 0 aliphatic carbocycles. The molecule has 1 aliphatic rings. The van der Waals surface area contributed by atoms with E-state index < -0.39 is 11.5 Å². The van der Waals surface area contributed by atoms with Gasteiger partial charge in [-0.15, -0.1) is 0 Å². The second kappa shape index (κ2) is 6.53. The van der Waals surface area contributed by atoms with Crippen molar-refractivity contribution in [2.75, 3.05) is 19.6 Å². The molecule has 1 aliphatic heterocycles. The van der Waals surface area contributed by atoms with Crippen LogP contribution in [0, 0.1) is 11.8 Å². The van der Waals surface area contributed by atoms with Crippen molar-refractivity contribution < 1.29 is 9.90 Å². The molecule has 1 heterocycles. The van der Waals surface area contributed by atoms with Crippen LogP contribution in [0.5, 0.6) is 0 Å². The van der Waals surface area contributed by atoms with Crippen LogP contribution in [0.4, 0.5) is 0 Å². The van der Waals surface area contributed by atoms with Gasteiger partial charge in [-0.1, -0.05) is 20.8 Å². The van der Waals surface area contributed by atoms with Gasteiger partial charge < -0.3 is 15.7 Å². The van der Waals surface area contributed by atoms with Gasteiger partial charge >= 0.3 is 5.97 Å². The summed E-state index contributed by atoms with van der Waals surface area (Å²) in [5, 5.41) is 9.11. The Labute approximate surface area is 111 Å². The van der Waals surface area contributed by atoms with E-state index in [-0.39, 0.29) is 0 Å². The van der Waals surface area contributed by atoms with E-state index >= 15 is 0 Å². The van der Waals surface area contributed by atoms with Gasteiger partial charge in [0.1, 0.15) is 5.54 Å². The van der Waals surface area contributed by atoms with Crippen LogP contribution < -0.4 is 5.73 Å². The van der Waals surface area contributed by atoms with Crippen molar-refractivity contribution in [3.8, 4) is 0 Å². The normalized spacial score (nSPS) is 28.9. The number of aliphatic carboxylic acids is 1. The largest absolute Gasteiger partial charge is 0.480 e. The van der Waals surface area contributed by atoms with Gasteiger partial charge in [-0.25, -0.2) is 0 Å². The molecule has 106 valence electrons. The minimum Gasteiger partial charge on any atom is -0.480 e. The summed E-state index contributed by atoms with van der Waals surface area (Å²) in [6.45, 7) is 9.68. The Morgan fingerprint density at radius 3 is 2.39 bits per heavy atom. The second-order valence-electron chi connectivity index (χ2n) is 6.12. The molecule has 0 aromatic rings. The molecule has 0 amide bonds. The van der Waals surface area contributed by atoms with Crippen molar-refractivity contribution in [1.82, 2.24) is 4.90 Å². The Morgan fingerprint density at radius 1 is 1.39 bits per heavy atom. The summed E-state index contributed by atoms with van der Waals surface area (Å²) in [6.07, 6.45) is 3.24. The predicted molar refractivity (Wildman–Crippen MR) is 73.5 cm³/mol. The predicted octanol–water partition coefficient (Wildman–Crippen LogP) is 1.94. The summed E-state index contributed by atoms with van der Waals surface area (Å²) in [7, 11) is 0. The van der Waals surface area contributed by atoms with Gasteiger partial charge in [-0.2, -0.15) is 0 Å². The Bertz CT molecular complexity index is 273. The first-order valence-electron chi connectivity index (χ1n) is 7.12. The van der Waals surface area contributed by atoms with Crippen LogP contribution in [0.15, 0.2) is 0 Å². The van der Waals surface area contributed by atoms with Crippen LogP contribution in [0.25, 0.3) is 0 Å². The summed E-state index contributed by atoms with van der Waals surface area (Å²) >= 11 is 0. The number of carboxylic acid groups (broad SMARTS) is 1. The lowest BCUT2D eigenvalue weighted by atomic mass is 9.90. The van der Waals surface area contributed by atoms with E-state index in [4.69, 9.17) is 10.8 Å². The van der Waals surface area contributed by atoms with Gasteiger partial charge in [-0.05, 0) is 44.1 Å². The first-order chi connectivity index (χ1) is 8.37. The SMILES string of the molecule is CCC(N)(CCCN1CC(C)CC(C)C1)C(=O)O. The lowest BCUT2D eigenvalue weighted by Crippen LogP contribution is -2.48. The zero-order valence-corrected chi connectivity index (χ0v) is 12.0. The fourth-order valence-electron chi connectivity index (χ4n) is 3.03. The van der Waals surface area contributed by atoms with Crippen molar-refractivity contribution in [3.63, 3.8) is 0 Å². The molecule has 3 unspecified atom stereocenters. The third-order valence-electron chi connectivity index (χ3n) is 4.10. The lowest BCUT2D eigenvalue weighted by Gasteiger charge is -2.35. The van der Waals surface area contributed by atoms with Crippen LogP contribution in [0.3, 0.4) is 0 Å². The van der Waals surface area contributed by atoms with Crippen molar-refractivity contribution >= 4 is 5.97 Å². The zero-order chi connectivity index (χ0) is 13.8. The quantitative estimate of drug-likeness (QED) is 0.762. The number of piperidine rings is 1. The highest BCUT2D eigenvalue weighted by Gasteiger charge is 2.31. The smallest absolute Gasteiger partial charge is 0.323 e. The van der Waals surface area contributed by atoms with Crippen LogP contribution >= 0.6 is 0 Å². The Hall–Kier alpha value is -0.610. The molecule has 0 bridgehead atoms. The molecule has 0 spiro atoms. The number of nitrogens with two attached hydrogens (primary N) is 1. The molecule has 4 heteroatoms. The maximum absolute atomic E-state index is 11.1. The average molecular weight is 256 g/mol. The number of carboxylic acids is 1. The lowest BCUT2D eigenvalue weighted by molar-refractivity contribution is -0.143. The van der Waals surface area contributed by atoms with Gasteiger partial charge in [0.05, 0.1) is 0 Å². The summed E-state index contributed by atoms with van der Waals surface area (Å²) in [5.74, 6) is 0.634. The molecule has 1 saturated heterocycles. The molecule has 18 heavy (non-hydrogen) atoms. The first kappa shape index (κ1) is 15.4. The summed E-state index contributed by atoms with van der Waals surface area (Å²) in [6, 6.07) is 0. The summed E-state index contributed by atoms with van der Waals surface area (Å²) in [4.78, 5) is 13.6. The number of hydrogen-bond donors (Lipinski definition) is 2. The van der Waals surface area contributed by atoms with Crippen molar-refractivity contribution in [1.29, 1.82) is 0 Å². The number of likely N-dealkylation sites (tertiary alicyclic amines) is 1. The van der Waals surface area contributed by atoms with Crippen LogP contribution in [-0.2, 0) is 4.79 Å². The monoisotopic (exact) mass is 256 g/mol. The van der Waals surface area contributed by atoms with Crippen LogP contribution in [0.1, 0.15) is 46.5 Å².